The number of ether oxygens (including phenoxy) is 2. The van der Waals surface area contributed by atoms with Crippen molar-refractivity contribution in [1.29, 1.82) is 0 Å². The molecule has 0 aliphatic heterocycles. The van der Waals surface area contributed by atoms with E-state index < -0.39 is 6.04 Å². The van der Waals surface area contributed by atoms with E-state index in [1.165, 1.54) is 6.92 Å². The SMILES string of the molecule is COc1ccccc1Oc1ccc(NC(=O)[C@H](C)NC(C)=O)cc1. The lowest BCUT2D eigenvalue weighted by Gasteiger charge is -2.13. The molecule has 0 aliphatic rings. The molecule has 0 unspecified atom stereocenters. The zero-order chi connectivity index (χ0) is 17.5. The number of para-hydroxylation sites is 2. The van der Waals surface area contributed by atoms with Crippen LogP contribution in [0.1, 0.15) is 13.8 Å². The Balaban J connectivity index is 2.00. The summed E-state index contributed by atoms with van der Waals surface area (Å²) in [6.07, 6.45) is 0. The van der Waals surface area contributed by atoms with Gasteiger partial charge in [-0.25, -0.2) is 0 Å². The zero-order valence-corrected chi connectivity index (χ0v) is 13.8. The van der Waals surface area contributed by atoms with Gasteiger partial charge in [-0.1, -0.05) is 12.1 Å². The van der Waals surface area contributed by atoms with Crippen LogP contribution in [-0.2, 0) is 9.59 Å². The third-order valence-electron chi connectivity index (χ3n) is 3.23. The summed E-state index contributed by atoms with van der Waals surface area (Å²) in [5.74, 6) is 1.32. The molecule has 0 bridgehead atoms. The lowest BCUT2D eigenvalue weighted by Crippen LogP contribution is -2.40. The lowest BCUT2D eigenvalue weighted by atomic mass is 10.2. The van der Waals surface area contributed by atoms with E-state index in [1.807, 2.05) is 24.3 Å². The Labute approximate surface area is 140 Å². The number of carbonyl (C=O) groups excluding carboxylic acids is 2. The molecule has 6 heteroatoms. The fourth-order valence-corrected chi connectivity index (χ4v) is 2.06. The average Bonchev–Trinajstić information content (AvgIpc) is 2.56. The van der Waals surface area contributed by atoms with E-state index in [-0.39, 0.29) is 11.8 Å². The molecule has 24 heavy (non-hydrogen) atoms. The average molecular weight is 328 g/mol. The molecule has 0 heterocycles. The second-order valence-electron chi connectivity index (χ2n) is 5.19. The molecular formula is C18H20N2O4. The molecule has 0 aromatic heterocycles. The minimum Gasteiger partial charge on any atom is -0.493 e. The minimum atomic E-state index is -0.605. The van der Waals surface area contributed by atoms with Crippen molar-refractivity contribution < 1.29 is 19.1 Å². The summed E-state index contributed by atoms with van der Waals surface area (Å²) in [7, 11) is 1.58. The first-order valence-electron chi connectivity index (χ1n) is 7.48. The van der Waals surface area contributed by atoms with Crippen LogP contribution in [0.15, 0.2) is 48.5 Å². The molecular weight excluding hydrogens is 308 g/mol. The van der Waals surface area contributed by atoms with Crippen molar-refractivity contribution in [3.63, 3.8) is 0 Å². The molecule has 0 saturated heterocycles. The van der Waals surface area contributed by atoms with Crippen LogP contribution in [0.25, 0.3) is 0 Å². The number of rotatable bonds is 6. The van der Waals surface area contributed by atoms with Gasteiger partial charge in [0.1, 0.15) is 11.8 Å². The van der Waals surface area contributed by atoms with E-state index in [2.05, 4.69) is 10.6 Å². The van der Waals surface area contributed by atoms with E-state index in [0.29, 0.717) is 22.9 Å². The van der Waals surface area contributed by atoms with Gasteiger partial charge in [0.25, 0.3) is 0 Å². The lowest BCUT2D eigenvalue weighted by molar-refractivity contribution is -0.124. The molecule has 126 valence electrons. The first-order chi connectivity index (χ1) is 11.5. The molecule has 6 nitrogen and oxygen atoms in total. The maximum absolute atomic E-state index is 11.9. The standard InChI is InChI=1S/C18H20N2O4/c1-12(19-13(2)21)18(22)20-14-8-10-15(11-9-14)24-17-7-5-4-6-16(17)23-3/h4-12H,1-3H3,(H,19,21)(H,20,22)/t12-/m0/s1. The first-order valence-corrected chi connectivity index (χ1v) is 7.48. The highest BCUT2D eigenvalue weighted by atomic mass is 16.5. The normalized spacial score (nSPS) is 11.3. The van der Waals surface area contributed by atoms with Gasteiger partial charge < -0.3 is 20.1 Å². The van der Waals surface area contributed by atoms with Crippen LogP contribution in [0.3, 0.4) is 0 Å². The molecule has 0 fully saturated rings. The van der Waals surface area contributed by atoms with Crippen LogP contribution in [-0.4, -0.2) is 25.0 Å². The van der Waals surface area contributed by atoms with Gasteiger partial charge in [0.05, 0.1) is 7.11 Å². The maximum atomic E-state index is 11.9. The van der Waals surface area contributed by atoms with Gasteiger partial charge in [-0.15, -0.1) is 0 Å². The number of benzene rings is 2. The third-order valence-corrected chi connectivity index (χ3v) is 3.23. The number of hydrogen-bond donors (Lipinski definition) is 2. The van der Waals surface area contributed by atoms with E-state index in [4.69, 9.17) is 9.47 Å². The van der Waals surface area contributed by atoms with Crippen molar-refractivity contribution in [2.24, 2.45) is 0 Å². The monoisotopic (exact) mass is 328 g/mol. The number of anilines is 1. The van der Waals surface area contributed by atoms with E-state index in [9.17, 15) is 9.59 Å². The number of hydrogen-bond acceptors (Lipinski definition) is 4. The smallest absolute Gasteiger partial charge is 0.246 e. The van der Waals surface area contributed by atoms with Crippen molar-refractivity contribution in [3.05, 3.63) is 48.5 Å². The summed E-state index contributed by atoms with van der Waals surface area (Å²) in [5.41, 5.74) is 0.615. The predicted octanol–water partition coefficient (Wildman–Crippen LogP) is 2.95. The molecule has 0 aliphatic carbocycles. The van der Waals surface area contributed by atoms with Gasteiger partial charge in [0, 0.05) is 12.6 Å². The van der Waals surface area contributed by atoms with Crippen LogP contribution in [0.4, 0.5) is 5.69 Å². The number of nitrogens with one attached hydrogen (secondary N) is 2. The van der Waals surface area contributed by atoms with E-state index in [0.717, 1.165) is 0 Å². The molecule has 2 aromatic carbocycles. The van der Waals surface area contributed by atoms with E-state index >= 15 is 0 Å². The topological polar surface area (TPSA) is 76.7 Å². The molecule has 2 N–H and O–H groups in total. The highest BCUT2D eigenvalue weighted by Crippen LogP contribution is 2.31. The molecule has 2 amide bonds. The second-order valence-corrected chi connectivity index (χ2v) is 5.19. The van der Waals surface area contributed by atoms with Crippen molar-refractivity contribution in [3.8, 4) is 17.2 Å². The fourth-order valence-electron chi connectivity index (χ4n) is 2.06. The summed E-state index contributed by atoms with van der Waals surface area (Å²) in [5, 5.41) is 5.26. The molecule has 0 spiro atoms. The Morgan fingerprint density at radius 3 is 2.21 bits per heavy atom. The van der Waals surface area contributed by atoms with Gasteiger partial charge >= 0.3 is 0 Å². The summed E-state index contributed by atoms with van der Waals surface area (Å²) in [6, 6.07) is 13.7. The van der Waals surface area contributed by atoms with Crippen LogP contribution in [0.5, 0.6) is 17.2 Å². The minimum absolute atomic E-state index is 0.252. The van der Waals surface area contributed by atoms with Crippen molar-refractivity contribution in [1.82, 2.24) is 5.32 Å². The maximum Gasteiger partial charge on any atom is 0.246 e. The zero-order valence-electron chi connectivity index (χ0n) is 13.8. The fraction of sp³-hybridized carbons (Fsp3) is 0.222. The predicted molar refractivity (Wildman–Crippen MR) is 91.4 cm³/mol. The van der Waals surface area contributed by atoms with Gasteiger partial charge in [-0.3, -0.25) is 9.59 Å². The van der Waals surface area contributed by atoms with Crippen LogP contribution < -0.4 is 20.1 Å². The summed E-state index contributed by atoms with van der Waals surface area (Å²) < 4.78 is 11.0. The van der Waals surface area contributed by atoms with E-state index in [1.54, 1.807) is 38.3 Å². The quantitative estimate of drug-likeness (QED) is 0.855. The first kappa shape index (κ1) is 17.3. The highest BCUT2D eigenvalue weighted by molar-refractivity contribution is 5.96. The number of methoxy groups -OCH3 is 1. The van der Waals surface area contributed by atoms with Gasteiger partial charge in [-0.2, -0.15) is 0 Å². The number of amides is 2. The Kier molecular flexibility index (Phi) is 5.78. The number of carbonyl (C=O) groups is 2. The van der Waals surface area contributed by atoms with Gasteiger partial charge in [0.15, 0.2) is 11.5 Å². The Bertz CT molecular complexity index is 713. The summed E-state index contributed by atoms with van der Waals surface area (Å²) in [6.45, 7) is 2.99. The molecule has 2 aromatic rings. The van der Waals surface area contributed by atoms with Gasteiger partial charge in [0.2, 0.25) is 11.8 Å². The van der Waals surface area contributed by atoms with Crippen LogP contribution in [0.2, 0.25) is 0 Å². The Morgan fingerprint density at radius 1 is 1.00 bits per heavy atom. The molecule has 0 saturated carbocycles. The van der Waals surface area contributed by atoms with Crippen LogP contribution in [0, 0.1) is 0 Å². The van der Waals surface area contributed by atoms with Crippen LogP contribution >= 0.6 is 0 Å². The Morgan fingerprint density at radius 2 is 1.62 bits per heavy atom. The second kappa shape index (κ2) is 8.01. The molecule has 1 atom stereocenters. The summed E-state index contributed by atoms with van der Waals surface area (Å²) >= 11 is 0. The summed E-state index contributed by atoms with van der Waals surface area (Å²) in [4.78, 5) is 22.9. The molecule has 0 radical (unpaired) electrons. The van der Waals surface area contributed by atoms with Crippen molar-refractivity contribution in [2.75, 3.05) is 12.4 Å². The Hall–Kier alpha value is -3.02. The molecule has 2 rings (SSSR count). The third kappa shape index (κ3) is 4.74. The van der Waals surface area contributed by atoms with Crippen molar-refractivity contribution >= 4 is 17.5 Å². The highest BCUT2D eigenvalue weighted by Gasteiger charge is 2.13. The van der Waals surface area contributed by atoms with Crippen molar-refractivity contribution in [2.45, 2.75) is 19.9 Å². The largest absolute Gasteiger partial charge is 0.493 e. The van der Waals surface area contributed by atoms with Gasteiger partial charge in [-0.05, 0) is 43.3 Å².